The Morgan fingerprint density at radius 3 is 2.06 bits per heavy atom. The summed E-state index contributed by atoms with van der Waals surface area (Å²) in [5, 5.41) is 3.34. The molecule has 0 fully saturated rings. The predicted octanol–water partition coefficient (Wildman–Crippen LogP) is 3.46. The van der Waals surface area contributed by atoms with Gasteiger partial charge in [0.05, 0.1) is 0 Å². The first-order chi connectivity index (χ1) is 7.84. The van der Waals surface area contributed by atoms with E-state index in [-0.39, 0.29) is 0 Å². The average Bonchev–Trinajstić information content (AvgIpc) is 2.31. The van der Waals surface area contributed by atoms with Crippen molar-refractivity contribution in [1.29, 1.82) is 0 Å². The molecule has 2 aromatic carbocycles. The van der Waals surface area contributed by atoms with Crippen LogP contribution in [0.25, 0.3) is 0 Å². The number of ether oxygens (including phenoxy) is 1. The molecule has 0 amide bonds. The standard InChI is InChI=1S/C13H11NOS/c16-13(14-11-7-3-1-4-8-11)15-12-9-5-2-6-10-12/h1-10H,(H,14,16). The van der Waals surface area contributed by atoms with E-state index in [4.69, 9.17) is 17.0 Å². The molecule has 0 bridgehead atoms. The minimum atomic E-state index is 0.345. The lowest BCUT2D eigenvalue weighted by Gasteiger charge is -2.08. The fourth-order valence-corrected chi connectivity index (χ4v) is 1.47. The van der Waals surface area contributed by atoms with Gasteiger partial charge in [0.25, 0.3) is 5.17 Å². The second kappa shape index (κ2) is 5.28. The van der Waals surface area contributed by atoms with Gasteiger partial charge in [-0.3, -0.25) is 0 Å². The van der Waals surface area contributed by atoms with E-state index in [1.807, 2.05) is 60.7 Å². The van der Waals surface area contributed by atoms with Gasteiger partial charge in [0, 0.05) is 5.69 Å². The minimum Gasteiger partial charge on any atom is -0.432 e. The van der Waals surface area contributed by atoms with Crippen molar-refractivity contribution >= 4 is 23.1 Å². The summed E-state index contributed by atoms with van der Waals surface area (Å²) in [6.07, 6.45) is 0. The lowest BCUT2D eigenvalue weighted by Crippen LogP contribution is -2.16. The Bertz CT molecular complexity index is 412. The molecule has 0 unspecified atom stereocenters. The number of benzene rings is 2. The molecule has 0 heterocycles. The summed E-state index contributed by atoms with van der Waals surface area (Å²) in [7, 11) is 0. The van der Waals surface area contributed by atoms with Crippen LogP contribution in [0.15, 0.2) is 60.7 Å². The molecule has 0 saturated heterocycles. The summed E-state index contributed by atoms with van der Waals surface area (Å²) in [4.78, 5) is 0. The van der Waals surface area contributed by atoms with Crippen LogP contribution in [0.2, 0.25) is 0 Å². The number of para-hydroxylation sites is 2. The zero-order chi connectivity index (χ0) is 11.2. The summed E-state index contributed by atoms with van der Waals surface area (Å²) in [6.45, 7) is 0. The van der Waals surface area contributed by atoms with E-state index in [2.05, 4.69) is 5.32 Å². The van der Waals surface area contributed by atoms with Gasteiger partial charge in [-0.2, -0.15) is 0 Å². The van der Waals surface area contributed by atoms with Gasteiger partial charge in [-0.1, -0.05) is 36.4 Å². The van der Waals surface area contributed by atoms with Crippen molar-refractivity contribution in [2.24, 2.45) is 0 Å². The molecule has 0 saturated carbocycles. The number of anilines is 1. The fraction of sp³-hybridized carbons (Fsp3) is 0. The number of rotatable bonds is 2. The second-order valence-electron chi connectivity index (χ2n) is 3.19. The van der Waals surface area contributed by atoms with Crippen LogP contribution in [-0.4, -0.2) is 5.17 Å². The summed E-state index contributed by atoms with van der Waals surface area (Å²) in [5.74, 6) is 0.732. The largest absolute Gasteiger partial charge is 0.432 e. The Balaban J connectivity index is 1.95. The van der Waals surface area contributed by atoms with Crippen LogP contribution in [0, 0.1) is 0 Å². The van der Waals surface area contributed by atoms with E-state index < -0.39 is 0 Å². The third-order valence-electron chi connectivity index (χ3n) is 1.97. The first-order valence-electron chi connectivity index (χ1n) is 4.93. The van der Waals surface area contributed by atoms with E-state index in [9.17, 15) is 0 Å². The van der Waals surface area contributed by atoms with Gasteiger partial charge in [0.15, 0.2) is 0 Å². The van der Waals surface area contributed by atoms with E-state index in [1.54, 1.807) is 0 Å². The first kappa shape index (κ1) is 10.6. The van der Waals surface area contributed by atoms with Crippen molar-refractivity contribution < 1.29 is 4.74 Å². The van der Waals surface area contributed by atoms with Crippen LogP contribution >= 0.6 is 12.2 Å². The molecular formula is C13H11NOS. The highest BCUT2D eigenvalue weighted by Gasteiger charge is 1.99. The number of hydrogen-bond donors (Lipinski definition) is 1. The quantitative estimate of drug-likeness (QED) is 0.797. The topological polar surface area (TPSA) is 21.3 Å². The van der Waals surface area contributed by atoms with Crippen molar-refractivity contribution in [2.75, 3.05) is 5.32 Å². The van der Waals surface area contributed by atoms with Crippen LogP contribution in [0.1, 0.15) is 0 Å². The maximum atomic E-state index is 5.44. The van der Waals surface area contributed by atoms with Gasteiger partial charge in [-0.05, 0) is 36.5 Å². The smallest absolute Gasteiger partial charge is 0.266 e. The van der Waals surface area contributed by atoms with Gasteiger partial charge in [-0.25, -0.2) is 0 Å². The predicted molar refractivity (Wildman–Crippen MR) is 69.7 cm³/mol. The lowest BCUT2D eigenvalue weighted by molar-refractivity contribution is 0.563. The van der Waals surface area contributed by atoms with Crippen molar-refractivity contribution in [3.63, 3.8) is 0 Å². The molecule has 16 heavy (non-hydrogen) atoms. The van der Waals surface area contributed by atoms with Gasteiger partial charge in [0.2, 0.25) is 0 Å². The molecule has 2 nitrogen and oxygen atoms in total. The highest BCUT2D eigenvalue weighted by Crippen LogP contribution is 2.11. The van der Waals surface area contributed by atoms with Crippen molar-refractivity contribution in [3.05, 3.63) is 60.7 Å². The Hall–Kier alpha value is -1.87. The molecule has 2 rings (SSSR count). The molecule has 0 atom stereocenters. The molecule has 1 N–H and O–H groups in total. The zero-order valence-corrected chi connectivity index (χ0v) is 9.41. The highest BCUT2D eigenvalue weighted by molar-refractivity contribution is 7.80. The molecule has 0 aliphatic heterocycles. The molecule has 2 aromatic rings. The summed E-state index contributed by atoms with van der Waals surface area (Å²) < 4.78 is 5.44. The fourth-order valence-electron chi connectivity index (χ4n) is 1.26. The number of nitrogens with one attached hydrogen (secondary N) is 1. The van der Waals surface area contributed by atoms with E-state index >= 15 is 0 Å². The van der Waals surface area contributed by atoms with E-state index in [0.29, 0.717) is 5.17 Å². The maximum absolute atomic E-state index is 5.44. The summed E-state index contributed by atoms with van der Waals surface area (Å²) in [5.41, 5.74) is 0.920. The van der Waals surface area contributed by atoms with Crippen LogP contribution in [0.5, 0.6) is 5.75 Å². The lowest BCUT2D eigenvalue weighted by atomic mass is 10.3. The third-order valence-corrected chi connectivity index (χ3v) is 2.16. The Morgan fingerprint density at radius 1 is 0.875 bits per heavy atom. The van der Waals surface area contributed by atoms with Crippen LogP contribution in [-0.2, 0) is 0 Å². The Morgan fingerprint density at radius 2 is 1.44 bits per heavy atom. The van der Waals surface area contributed by atoms with Crippen LogP contribution in [0.3, 0.4) is 0 Å². The molecule has 0 radical (unpaired) electrons. The van der Waals surface area contributed by atoms with Crippen molar-refractivity contribution in [3.8, 4) is 5.75 Å². The van der Waals surface area contributed by atoms with Crippen LogP contribution in [0.4, 0.5) is 5.69 Å². The van der Waals surface area contributed by atoms with Crippen molar-refractivity contribution in [2.45, 2.75) is 0 Å². The molecule has 0 spiro atoms. The Kier molecular flexibility index (Phi) is 3.51. The van der Waals surface area contributed by atoms with Gasteiger partial charge < -0.3 is 10.1 Å². The minimum absolute atomic E-state index is 0.345. The van der Waals surface area contributed by atoms with Crippen LogP contribution < -0.4 is 10.1 Å². The molecular weight excluding hydrogens is 218 g/mol. The number of hydrogen-bond acceptors (Lipinski definition) is 2. The van der Waals surface area contributed by atoms with Gasteiger partial charge in [-0.15, -0.1) is 0 Å². The highest BCUT2D eigenvalue weighted by atomic mass is 32.1. The second-order valence-corrected chi connectivity index (χ2v) is 3.56. The molecule has 0 aliphatic rings. The molecule has 80 valence electrons. The van der Waals surface area contributed by atoms with E-state index in [1.165, 1.54) is 0 Å². The maximum Gasteiger partial charge on any atom is 0.266 e. The van der Waals surface area contributed by atoms with Gasteiger partial charge >= 0.3 is 0 Å². The summed E-state index contributed by atoms with van der Waals surface area (Å²) in [6, 6.07) is 19.1. The molecule has 0 aliphatic carbocycles. The monoisotopic (exact) mass is 229 g/mol. The Labute approximate surface area is 99.9 Å². The molecule has 3 heteroatoms. The van der Waals surface area contributed by atoms with E-state index in [0.717, 1.165) is 11.4 Å². The normalized spacial score (nSPS) is 9.50. The number of thiocarbonyl (C=S) groups is 1. The zero-order valence-electron chi connectivity index (χ0n) is 8.59. The van der Waals surface area contributed by atoms with Gasteiger partial charge in [0.1, 0.15) is 5.75 Å². The average molecular weight is 229 g/mol. The first-order valence-corrected chi connectivity index (χ1v) is 5.34. The summed E-state index contributed by atoms with van der Waals surface area (Å²) >= 11 is 5.08. The third kappa shape index (κ3) is 3.07. The SMILES string of the molecule is S=C(Nc1ccccc1)Oc1ccccc1. The molecule has 0 aromatic heterocycles. The van der Waals surface area contributed by atoms with Crippen molar-refractivity contribution in [1.82, 2.24) is 0 Å².